The molecule has 3 saturated heterocycles. The van der Waals surface area contributed by atoms with E-state index in [1.165, 1.54) is 17.2 Å². The van der Waals surface area contributed by atoms with Gasteiger partial charge in [0.1, 0.15) is 30.1 Å². The molecule has 0 spiro atoms. The second-order valence-electron chi connectivity index (χ2n) is 11.3. The third kappa shape index (κ3) is 6.40. The number of carbonyl (C=O) groups is 3. The molecule has 45 heavy (non-hydrogen) atoms. The van der Waals surface area contributed by atoms with Gasteiger partial charge in [0.05, 0.1) is 19.5 Å². The third-order valence-electron chi connectivity index (χ3n) is 8.48. The summed E-state index contributed by atoms with van der Waals surface area (Å²) in [7, 11) is 0. The number of nitrogens with one attached hydrogen (secondary N) is 1. The second kappa shape index (κ2) is 13.3. The van der Waals surface area contributed by atoms with Gasteiger partial charge in [-0.25, -0.2) is 19.7 Å². The van der Waals surface area contributed by atoms with Gasteiger partial charge in [-0.1, -0.05) is 30.3 Å². The zero-order valence-corrected chi connectivity index (χ0v) is 24.6. The quantitative estimate of drug-likeness (QED) is 0.245. The lowest BCUT2D eigenvalue weighted by molar-refractivity contribution is -0.144. The highest BCUT2D eigenvalue weighted by atomic mass is 16.6. The fraction of sp³-hybridized carbons (Fsp3) is 0.517. The van der Waals surface area contributed by atoms with Gasteiger partial charge in [0, 0.05) is 39.3 Å². The van der Waals surface area contributed by atoms with Gasteiger partial charge in [0.15, 0.2) is 23.8 Å². The molecule has 3 aromatic rings. The summed E-state index contributed by atoms with van der Waals surface area (Å²) < 4.78 is 12.6. The Labute approximate surface area is 258 Å². The maximum atomic E-state index is 13.8. The standard InChI is InChI=1S/C29H37N9O7/c30-24-20-25(32-16-31-24)38(17-33-20)28-22(40)21(39)23(45-28)26(41)34-19(7-6-18-4-2-1-3-5-18)27(42)35-8-10-36(11-9-35)29(43)37-12-14-44-15-13-37/h1-5,16-17,19,21-23,28,39-40H,6-15H2,(H,34,41)(H2,30,31,32)/t19-,21-,22+,23-,28+/m0/s1. The fourth-order valence-corrected chi connectivity index (χ4v) is 5.92. The molecule has 0 radical (unpaired) electrons. The number of hydrogen-bond donors (Lipinski definition) is 4. The van der Waals surface area contributed by atoms with Crippen LogP contribution in [0.25, 0.3) is 11.2 Å². The number of aryl methyl sites for hydroxylation is 1. The van der Waals surface area contributed by atoms with E-state index in [4.69, 9.17) is 15.2 Å². The van der Waals surface area contributed by atoms with Crippen molar-refractivity contribution in [1.29, 1.82) is 0 Å². The first kappa shape index (κ1) is 30.6. The number of nitrogens with two attached hydrogens (primary N) is 1. The number of anilines is 1. The molecule has 5 N–H and O–H groups in total. The van der Waals surface area contributed by atoms with E-state index < -0.39 is 36.5 Å². The number of morpholine rings is 1. The Balaban J connectivity index is 1.13. The average Bonchev–Trinajstić information content (AvgIpc) is 3.64. The van der Waals surface area contributed by atoms with E-state index in [1.807, 2.05) is 30.3 Å². The van der Waals surface area contributed by atoms with Gasteiger partial charge in [0.2, 0.25) is 5.91 Å². The predicted molar refractivity (Wildman–Crippen MR) is 158 cm³/mol. The van der Waals surface area contributed by atoms with Crippen LogP contribution in [0.4, 0.5) is 10.6 Å². The molecule has 16 nitrogen and oxygen atoms in total. The number of fused-ring (bicyclic) bond motifs is 1. The van der Waals surface area contributed by atoms with Gasteiger partial charge < -0.3 is 45.4 Å². The Kier molecular flexibility index (Phi) is 9.07. The summed E-state index contributed by atoms with van der Waals surface area (Å²) in [6, 6.07) is 8.57. The molecule has 2 aromatic heterocycles. The van der Waals surface area contributed by atoms with E-state index in [1.54, 1.807) is 14.7 Å². The van der Waals surface area contributed by atoms with E-state index in [0.717, 1.165) is 5.56 Å². The van der Waals surface area contributed by atoms with Crippen molar-refractivity contribution in [2.24, 2.45) is 0 Å². The van der Waals surface area contributed by atoms with Crippen LogP contribution >= 0.6 is 0 Å². The first-order valence-electron chi connectivity index (χ1n) is 15.0. The van der Waals surface area contributed by atoms with Crippen LogP contribution in [0, 0.1) is 0 Å². The molecule has 5 atom stereocenters. The normalized spacial score (nSPS) is 24.5. The molecular weight excluding hydrogens is 586 g/mol. The van der Waals surface area contributed by atoms with Crippen LogP contribution in [0.2, 0.25) is 0 Å². The maximum Gasteiger partial charge on any atom is 0.320 e. The molecule has 5 heterocycles. The molecule has 0 saturated carbocycles. The minimum atomic E-state index is -1.59. The minimum absolute atomic E-state index is 0.0698. The highest BCUT2D eigenvalue weighted by Gasteiger charge is 2.48. The van der Waals surface area contributed by atoms with Crippen molar-refractivity contribution < 1.29 is 34.1 Å². The van der Waals surface area contributed by atoms with Crippen LogP contribution < -0.4 is 11.1 Å². The van der Waals surface area contributed by atoms with E-state index in [9.17, 15) is 24.6 Å². The van der Waals surface area contributed by atoms with Crippen LogP contribution in [-0.4, -0.2) is 139 Å². The van der Waals surface area contributed by atoms with Crippen LogP contribution in [0.15, 0.2) is 43.0 Å². The van der Waals surface area contributed by atoms with Crippen molar-refractivity contribution in [3.05, 3.63) is 48.5 Å². The summed E-state index contributed by atoms with van der Waals surface area (Å²) in [5.74, 6) is -0.905. The topological polar surface area (TPSA) is 202 Å². The highest BCUT2D eigenvalue weighted by molar-refractivity contribution is 5.90. The maximum absolute atomic E-state index is 13.8. The van der Waals surface area contributed by atoms with Gasteiger partial charge in [-0.15, -0.1) is 0 Å². The zero-order valence-electron chi connectivity index (χ0n) is 24.6. The first-order chi connectivity index (χ1) is 21.8. The molecule has 0 bridgehead atoms. The monoisotopic (exact) mass is 623 g/mol. The van der Waals surface area contributed by atoms with E-state index >= 15 is 0 Å². The lowest BCUT2D eigenvalue weighted by Crippen LogP contribution is -2.59. The number of piperazine rings is 1. The second-order valence-corrected chi connectivity index (χ2v) is 11.3. The Morgan fingerprint density at radius 1 is 0.933 bits per heavy atom. The van der Waals surface area contributed by atoms with E-state index in [2.05, 4.69) is 20.3 Å². The van der Waals surface area contributed by atoms with Gasteiger partial charge >= 0.3 is 6.03 Å². The summed E-state index contributed by atoms with van der Waals surface area (Å²) >= 11 is 0. The molecule has 0 unspecified atom stereocenters. The molecule has 3 fully saturated rings. The summed E-state index contributed by atoms with van der Waals surface area (Å²) in [6.07, 6.45) is -2.38. The average molecular weight is 624 g/mol. The molecule has 6 rings (SSSR count). The van der Waals surface area contributed by atoms with Crippen molar-refractivity contribution in [3.63, 3.8) is 0 Å². The van der Waals surface area contributed by atoms with Crippen molar-refractivity contribution in [1.82, 2.24) is 39.5 Å². The van der Waals surface area contributed by atoms with Crippen LogP contribution in [0.1, 0.15) is 18.2 Å². The molecule has 16 heteroatoms. The lowest BCUT2D eigenvalue weighted by Gasteiger charge is -2.39. The van der Waals surface area contributed by atoms with E-state index in [0.29, 0.717) is 65.3 Å². The molecule has 0 aliphatic carbocycles. The number of benzene rings is 1. The summed E-state index contributed by atoms with van der Waals surface area (Å²) in [4.78, 5) is 57.6. The number of aromatic nitrogens is 4. The van der Waals surface area contributed by atoms with Gasteiger partial charge in [-0.05, 0) is 18.4 Å². The van der Waals surface area contributed by atoms with Crippen molar-refractivity contribution in [2.75, 3.05) is 58.2 Å². The highest BCUT2D eigenvalue weighted by Crippen LogP contribution is 2.32. The number of urea groups is 1. The van der Waals surface area contributed by atoms with Crippen molar-refractivity contribution in [2.45, 2.75) is 43.4 Å². The van der Waals surface area contributed by atoms with Gasteiger partial charge in [0.25, 0.3) is 5.91 Å². The number of amides is 4. The number of aliphatic hydroxyl groups excluding tert-OH is 2. The molecule has 4 amide bonds. The summed E-state index contributed by atoms with van der Waals surface area (Å²) in [5, 5.41) is 24.5. The largest absolute Gasteiger partial charge is 0.387 e. The fourth-order valence-electron chi connectivity index (χ4n) is 5.92. The number of nitrogens with zero attached hydrogens (tertiary/aromatic N) is 7. The van der Waals surface area contributed by atoms with Crippen molar-refractivity contribution >= 4 is 34.8 Å². The van der Waals surface area contributed by atoms with Crippen LogP contribution in [0.5, 0.6) is 0 Å². The van der Waals surface area contributed by atoms with E-state index in [-0.39, 0.29) is 28.9 Å². The Morgan fingerprint density at radius 2 is 1.62 bits per heavy atom. The zero-order chi connectivity index (χ0) is 31.5. The predicted octanol–water partition coefficient (Wildman–Crippen LogP) is -1.26. The Bertz CT molecular complexity index is 1510. The summed E-state index contributed by atoms with van der Waals surface area (Å²) in [6.45, 7) is 3.45. The van der Waals surface area contributed by atoms with Crippen LogP contribution in [0.3, 0.4) is 0 Å². The number of nitrogen functional groups attached to an aromatic ring is 1. The summed E-state index contributed by atoms with van der Waals surface area (Å²) in [5.41, 5.74) is 7.42. The first-order valence-corrected chi connectivity index (χ1v) is 15.0. The van der Waals surface area contributed by atoms with Gasteiger partial charge in [-0.3, -0.25) is 14.2 Å². The number of hydrogen-bond acceptors (Lipinski definition) is 11. The molecule has 1 aromatic carbocycles. The Morgan fingerprint density at radius 3 is 2.36 bits per heavy atom. The molecule has 240 valence electrons. The number of aliphatic hydroxyl groups is 2. The molecular formula is C29H37N9O7. The van der Waals surface area contributed by atoms with Crippen molar-refractivity contribution in [3.8, 4) is 0 Å². The number of ether oxygens (including phenoxy) is 2. The number of imidazole rings is 1. The molecule has 3 aliphatic rings. The smallest absolute Gasteiger partial charge is 0.320 e. The minimum Gasteiger partial charge on any atom is -0.387 e. The van der Waals surface area contributed by atoms with Gasteiger partial charge in [-0.2, -0.15) is 0 Å². The Hall–Kier alpha value is -4.38. The SMILES string of the molecule is Nc1ncnc2c1ncn2[C@@H]1O[C@H](C(=O)N[C@@H](CCc2ccccc2)C(=O)N2CCN(C(=O)N3CCOCC3)CC2)[C@@H](O)[C@H]1O. The number of carbonyl (C=O) groups excluding carboxylic acids is 3. The van der Waals surface area contributed by atoms with Crippen LogP contribution in [-0.2, 0) is 25.5 Å². The number of rotatable bonds is 7. The molecule has 3 aliphatic heterocycles. The lowest BCUT2D eigenvalue weighted by atomic mass is 10.0. The third-order valence-corrected chi connectivity index (χ3v) is 8.48.